The van der Waals surface area contributed by atoms with Crippen LogP contribution in [-0.4, -0.2) is 23.5 Å². The maximum absolute atomic E-state index is 13.5. The third-order valence-corrected chi connectivity index (χ3v) is 3.95. The molecule has 1 aromatic carbocycles. The smallest absolute Gasteiger partial charge is 0.306 e. The summed E-state index contributed by atoms with van der Waals surface area (Å²) in [5, 5.41) is 11.7. The molecular weight excluding hydrogens is 280 g/mol. The molecule has 0 saturated heterocycles. The van der Waals surface area contributed by atoms with Crippen molar-refractivity contribution in [2.24, 2.45) is 11.8 Å². The zero-order valence-electron chi connectivity index (χ0n) is 11.4. The number of nitrogens with one attached hydrogen (secondary N) is 1. The summed E-state index contributed by atoms with van der Waals surface area (Å²) in [6, 6.07) is 3.39. The Hall–Kier alpha value is -1.98. The largest absolute Gasteiger partial charge is 0.481 e. The Kier molecular flexibility index (Phi) is 4.88. The number of carbonyl (C=O) groups is 2. The predicted molar refractivity (Wildman–Crippen MR) is 71.8 cm³/mol. The van der Waals surface area contributed by atoms with E-state index in [9.17, 15) is 18.4 Å². The van der Waals surface area contributed by atoms with Crippen LogP contribution in [0.2, 0.25) is 0 Å². The Morgan fingerprint density at radius 3 is 2.67 bits per heavy atom. The first-order valence-electron chi connectivity index (χ1n) is 6.95. The number of carboxylic acid groups (broad SMARTS) is 1. The van der Waals surface area contributed by atoms with Crippen molar-refractivity contribution < 1.29 is 23.5 Å². The fraction of sp³-hybridized carbons (Fsp3) is 0.467. The van der Waals surface area contributed by atoms with Crippen LogP contribution in [0.25, 0.3) is 0 Å². The molecule has 1 aliphatic carbocycles. The van der Waals surface area contributed by atoms with Crippen LogP contribution in [0.4, 0.5) is 8.78 Å². The standard InChI is InChI=1S/C15H17F2NO3/c16-12-7-3-6-11(13(12)17)14(19)18-8-9-4-1-2-5-10(9)15(20)21/h3,6-7,9-10H,1-2,4-5,8H2,(H,18,19)(H,20,21). The Morgan fingerprint density at radius 2 is 1.95 bits per heavy atom. The van der Waals surface area contributed by atoms with E-state index in [1.54, 1.807) is 0 Å². The molecule has 0 aromatic heterocycles. The number of hydrogen-bond acceptors (Lipinski definition) is 2. The lowest BCUT2D eigenvalue weighted by Crippen LogP contribution is -2.37. The number of rotatable bonds is 4. The normalized spacial score (nSPS) is 21.8. The van der Waals surface area contributed by atoms with Gasteiger partial charge in [0.25, 0.3) is 5.91 Å². The summed E-state index contributed by atoms with van der Waals surface area (Å²) in [6.45, 7) is 0.158. The SMILES string of the molecule is O=C(NCC1CCCCC1C(=O)O)c1cccc(F)c1F. The molecule has 1 saturated carbocycles. The van der Waals surface area contributed by atoms with Crippen LogP contribution in [-0.2, 0) is 4.79 Å². The fourth-order valence-electron chi connectivity index (χ4n) is 2.78. The number of hydrogen-bond donors (Lipinski definition) is 2. The van der Waals surface area contributed by atoms with Crippen LogP contribution in [0.5, 0.6) is 0 Å². The van der Waals surface area contributed by atoms with Crippen LogP contribution in [0.3, 0.4) is 0 Å². The molecule has 6 heteroatoms. The lowest BCUT2D eigenvalue weighted by Gasteiger charge is -2.28. The first-order chi connectivity index (χ1) is 10.0. The van der Waals surface area contributed by atoms with E-state index >= 15 is 0 Å². The highest BCUT2D eigenvalue weighted by molar-refractivity contribution is 5.94. The van der Waals surface area contributed by atoms with Crippen molar-refractivity contribution in [3.05, 3.63) is 35.4 Å². The lowest BCUT2D eigenvalue weighted by molar-refractivity contribution is -0.144. The molecule has 0 heterocycles. The minimum atomic E-state index is -1.19. The minimum absolute atomic E-state index is 0.158. The summed E-state index contributed by atoms with van der Waals surface area (Å²) in [7, 11) is 0. The predicted octanol–water partition coefficient (Wildman–Crippen LogP) is 2.59. The highest BCUT2D eigenvalue weighted by Crippen LogP contribution is 2.29. The number of halogens is 2. The summed E-state index contributed by atoms with van der Waals surface area (Å²) in [4.78, 5) is 23.0. The molecule has 4 nitrogen and oxygen atoms in total. The van der Waals surface area contributed by atoms with Crippen LogP contribution >= 0.6 is 0 Å². The van der Waals surface area contributed by atoms with Crippen molar-refractivity contribution >= 4 is 11.9 Å². The minimum Gasteiger partial charge on any atom is -0.481 e. The molecule has 0 bridgehead atoms. The Bertz CT molecular complexity index is 548. The molecule has 1 fully saturated rings. The Balaban J connectivity index is 2.00. The van der Waals surface area contributed by atoms with Crippen molar-refractivity contribution in [3.8, 4) is 0 Å². The first kappa shape index (κ1) is 15.4. The lowest BCUT2D eigenvalue weighted by atomic mass is 9.79. The van der Waals surface area contributed by atoms with Gasteiger partial charge in [-0.15, -0.1) is 0 Å². The molecule has 21 heavy (non-hydrogen) atoms. The van der Waals surface area contributed by atoms with Gasteiger partial charge in [0, 0.05) is 6.54 Å². The summed E-state index contributed by atoms with van der Waals surface area (Å²) < 4.78 is 26.6. The number of carbonyl (C=O) groups excluding carboxylic acids is 1. The van der Waals surface area contributed by atoms with Gasteiger partial charge in [0.1, 0.15) is 0 Å². The third kappa shape index (κ3) is 3.56. The second-order valence-corrected chi connectivity index (χ2v) is 5.30. The average Bonchev–Trinajstić information content (AvgIpc) is 2.47. The van der Waals surface area contributed by atoms with Gasteiger partial charge in [-0.05, 0) is 30.9 Å². The monoisotopic (exact) mass is 297 g/mol. The average molecular weight is 297 g/mol. The van der Waals surface area contributed by atoms with Crippen LogP contribution in [0, 0.1) is 23.5 Å². The summed E-state index contributed by atoms with van der Waals surface area (Å²) in [6.07, 6.45) is 3.08. The molecule has 2 unspecified atom stereocenters. The van der Waals surface area contributed by atoms with Gasteiger partial charge in [-0.2, -0.15) is 0 Å². The van der Waals surface area contributed by atoms with E-state index in [4.69, 9.17) is 5.11 Å². The quantitative estimate of drug-likeness (QED) is 0.897. The van der Waals surface area contributed by atoms with Gasteiger partial charge in [0.05, 0.1) is 11.5 Å². The molecule has 2 rings (SSSR count). The van der Waals surface area contributed by atoms with Crippen molar-refractivity contribution in [1.82, 2.24) is 5.32 Å². The van der Waals surface area contributed by atoms with E-state index < -0.39 is 29.4 Å². The molecule has 1 amide bonds. The van der Waals surface area contributed by atoms with E-state index in [0.29, 0.717) is 12.8 Å². The molecule has 2 atom stereocenters. The number of benzene rings is 1. The van der Waals surface area contributed by atoms with Gasteiger partial charge >= 0.3 is 5.97 Å². The fourth-order valence-corrected chi connectivity index (χ4v) is 2.78. The Morgan fingerprint density at radius 1 is 1.24 bits per heavy atom. The third-order valence-electron chi connectivity index (χ3n) is 3.95. The first-order valence-corrected chi connectivity index (χ1v) is 6.95. The number of amides is 1. The van der Waals surface area contributed by atoms with Crippen molar-refractivity contribution in [1.29, 1.82) is 0 Å². The van der Waals surface area contributed by atoms with Crippen molar-refractivity contribution in [2.45, 2.75) is 25.7 Å². The second-order valence-electron chi connectivity index (χ2n) is 5.30. The number of aliphatic carboxylic acids is 1. The van der Waals surface area contributed by atoms with E-state index in [1.807, 2.05) is 0 Å². The van der Waals surface area contributed by atoms with E-state index in [2.05, 4.69) is 5.32 Å². The van der Waals surface area contributed by atoms with E-state index in [-0.39, 0.29) is 18.0 Å². The molecule has 1 aliphatic rings. The number of carboxylic acids is 1. The van der Waals surface area contributed by atoms with Gasteiger partial charge in [0.15, 0.2) is 11.6 Å². The summed E-state index contributed by atoms with van der Waals surface area (Å²) in [5.41, 5.74) is -0.363. The zero-order chi connectivity index (χ0) is 15.4. The van der Waals surface area contributed by atoms with Gasteiger partial charge in [-0.3, -0.25) is 9.59 Å². The Labute approximate surface area is 121 Å². The molecule has 0 aliphatic heterocycles. The highest BCUT2D eigenvalue weighted by Gasteiger charge is 2.31. The second kappa shape index (κ2) is 6.65. The van der Waals surface area contributed by atoms with Gasteiger partial charge in [0.2, 0.25) is 0 Å². The summed E-state index contributed by atoms with van der Waals surface area (Å²) >= 11 is 0. The van der Waals surface area contributed by atoms with Gasteiger partial charge < -0.3 is 10.4 Å². The van der Waals surface area contributed by atoms with Gasteiger partial charge in [-0.25, -0.2) is 8.78 Å². The molecule has 0 radical (unpaired) electrons. The van der Waals surface area contributed by atoms with Crippen LogP contribution in [0.1, 0.15) is 36.0 Å². The molecule has 114 valence electrons. The summed E-state index contributed by atoms with van der Waals surface area (Å²) in [5.74, 6) is -4.52. The van der Waals surface area contributed by atoms with Crippen LogP contribution < -0.4 is 5.32 Å². The van der Waals surface area contributed by atoms with E-state index in [0.717, 1.165) is 18.9 Å². The molecular formula is C15H17F2NO3. The molecule has 0 spiro atoms. The van der Waals surface area contributed by atoms with Gasteiger partial charge in [-0.1, -0.05) is 18.9 Å². The highest BCUT2D eigenvalue weighted by atomic mass is 19.2. The molecule has 2 N–H and O–H groups in total. The van der Waals surface area contributed by atoms with Crippen molar-refractivity contribution in [3.63, 3.8) is 0 Å². The zero-order valence-corrected chi connectivity index (χ0v) is 11.4. The van der Waals surface area contributed by atoms with Crippen molar-refractivity contribution in [2.75, 3.05) is 6.54 Å². The maximum atomic E-state index is 13.5. The topological polar surface area (TPSA) is 66.4 Å². The van der Waals surface area contributed by atoms with Crippen LogP contribution in [0.15, 0.2) is 18.2 Å². The maximum Gasteiger partial charge on any atom is 0.306 e. The van der Waals surface area contributed by atoms with E-state index in [1.165, 1.54) is 12.1 Å². The molecule has 1 aromatic rings.